The van der Waals surface area contributed by atoms with Crippen molar-refractivity contribution in [1.82, 2.24) is 0 Å². The predicted octanol–water partition coefficient (Wildman–Crippen LogP) is 1.94. The minimum atomic E-state index is 0.975. The zero-order valence-electron chi connectivity index (χ0n) is 7.12. The minimum absolute atomic E-state index is 0.975. The van der Waals surface area contributed by atoms with Crippen LogP contribution in [0.5, 0.6) is 0 Å². The zero-order chi connectivity index (χ0) is 8.10. The van der Waals surface area contributed by atoms with E-state index in [1.165, 1.54) is 5.57 Å². The van der Waals surface area contributed by atoms with Crippen LogP contribution in [0.25, 0.3) is 0 Å². The van der Waals surface area contributed by atoms with Crippen molar-refractivity contribution in [3.63, 3.8) is 0 Å². The number of pyridine rings is 1. The Hall–Kier alpha value is -1.11. The van der Waals surface area contributed by atoms with Crippen LogP contribution in [0, 0.1) is 0 Å². The Balaban J connectivity index is 2.59. The molecule has 0 saturated heterocycles. The second kappa shape index (κ2) is 3.91. The summed E-state index contributed by atoms with van der Waals surface area (Å²) in [6, 6.07) is 6.11. The second-order valence-electron chi connectivity index (χ2n) is 2.85. The van der Waals surface area contributed by atoms with Crippen LogP contribution < -0.4 is 4.57 Å². The fraction of sp³-hybridized carbons (Fsp3) is 0.300. The Morgan fingerprint density at radius 1 is 1.18 bits per heavy atom. The number of allylic oxidation sites excluding steroid dienone is 2. The number of nitrogens with zero attached hydrogens (tertiary/aromatic N) is 1. The maximum atomic E-state index is 2.21. The number of hydrogen-bond acceptors (Lipinski definition) is 0. The van der Waals surface area contributed by atoms with Crippen molar-refractivity contribution in [2.24, 2.45) is 0 Å². The Kier molecular flexibility index (Phi) is 2.84. The number of rotatable bonds is 2. The molecule has 0 aromatic carbocycles. The van der Waals surface area contributed by atoms with E-state index in [2.05, 4.69) is 36.9 Å². The van der Waals surface area contributed by atoms with Crippen molar-refractivity contribution >= 4 is 0 Å². The standard InChI is InChI=1S/C10H14N/c1-10(2)6-9-11-7-4-3-5-8-11/h3-8H,9H2,1-2H3/q+1. The van der Waals surface area contributed by atoms with E-state index in [9.17, 15) is 0 Å². The van der Waals surface area contributed by atoms with E-state index in [0.717, 1.165) is 6.54 Å². The summed E-state index contributed by atoms with van der Waals surface area (Å²) in [5.41, 5.74) is 1.36. The van der Waals surface area contributed by atoms with Gasteiger partial charge in [-0.15, -0.1) is 0 Å². The normalized spacial score (nSPS) is 9.27. The Labute approximate surface area is 68.0 Å². The van der Waals surface area contributed by atoms with Crippen LogP contribution in [0.4, 0.5) is 0 Å². The van der Waals surface area contributed by atoms with Gasteiger partial charge in [-0.05, 0) is 19.9 Å². The fourth-order valence-electron chi connectivity index (χ4n) is 0.844. The van der Waals surface area contributed by atoms with Crippen molar-refractivity contribution in [2.45, 2.75) is 20.4 Å². The maximum absolute atomic E-state index is 2.21. The van der Waals surface area contributed by atoms with Crippen LogP contribution >= 0.6 is 0 Å². The molecular weight excluding hydrogens is 134 g/mol. The molecule has 0 aliphatic rings. The third kappa shape index (κ3) is 2.99. The van der Waals surface area contributed by atoms with Gasteiger partial charge in [0.05, 0.1) is 0 Å². The Bertz CT molecular complexity index is 232. The van der Waals surface area contributed by atoms with Crippen LogP contribution in [-0.2, 0) is 6.54 Å². The van der Waals surface area contributed by atoms with Crippen LogP contribution in [0.3, 0.4) is 0 Å². The average molecular weight is 148 g/mol. The molecule has 0 atom stereocenters. The molecule has 0 unspecified atom stereocenters. The molecule has 0 saturated carbocycles. The van der Waals surface area contributed by atoms with Gasteiger partial charge in [-0.1, -0.05) is 11.6 Å². The molecule has 0 N–H and O–H groups in total. The van der Waals surface area contributed by atoms with Crippen molar-refractivity contribution in [3.05, 3.63) is 42.2 Å². The van der Waals surface area contributed by atoms with Crippen molar-refractivity contribution < 1.29 is 4.57 Å². The van der Waals surface area contributed by atoms with E-state index >= 15 is 0 Å². The summed E-state index contributed by atoms with van der Waals surface area (Å²) in [7, 11) is 0. The van der Waals surface area contributed by atoms with E-state index in [4.69, 9.17) is 0 Å². The molecule has 0 bridgehead atoms. The lowest BCUT2D eigenvalue weighted by Crippen LogP contribution is -2.31. The van der Waals surface area contributed by atoms with Gasteiger partial charge in [0, 0.05) is 12.1 Å². The molecule has 1 aromatic rings. The summed E-state index contributed by atoms with van der Waals surface area (Å²) in [5.74, 6) is 0. The van der Waals surface area contributed by atoms with Crippen LogP contribution in [0.2, 0.25) is 0 Å². The van der Waals surface area contributed by atoms with E-state index in [0.29, 0.717) is 0 Å². The summed E-state index contributed by atoms with van der Waals surface area (Å²) < 4.78 is 2.15. The first kappa shape index (κ1) is 7.99. The lowest BCUT2D eigenvalue weighted by atomic mass is 10.3. The highest BCUT2D eigenvalue weighted by molar-refractivity contribution is 4.91. The molecular formula is C10H14N+. The highest BCUT2D eigenvalue weighted by atomic mass is 14.9. The van der Waals surface area contributed by atoms with Crippen LogP contribution in [-0.4, -0.2) is 0 Å². The number of aromatic nitrogens is 1. The third-order valence-electron chi connectivity index (χ3n) is 1.49. The second-order valence-corrected chi connectivity index (χ2v) is 2.85. The third-order valence-corrected chi connectivity index (χ3v) is 1.49. The quantitative estimate of drug-likeness (QED) is 0.446. The number of hydrogen-bond donors (Lipinski definition) is 0. The minimum Gasteiger partial charge on any atom is -0.201 e. The molecule has 1 nitrogen and oxygen atoms in total. The molecule has 11 heavy (non-hydrogen) atoms. The first-order valence-electron chi connectivity index (χ1n) is 3.86. The summed E-state index contributed by atoms with van der Waals surface area (Å²) in [4.78, 5) is 0. The average Bonchev–Trinajstić information content (AvgIpc) is 2.03. The molecule has 1 heterocycles. The molecule has 0 aliphatic heterocycles. The summed E-state index contributed by atoms with van der Waals surface area (Å²) in [5, 5.41) is 0. The van der Waals surface area contributed by atoms with Gasteiger partial charge in [0.15, 0.2) is 18.9 Å². The maximum Gasteiger partial charge on any atom is 0.169 e. The molecule has 1 rings (SSSR count). The molecule has 1 heteroatoms. The molecule has 0 spiro atoms. The first-order chi connectivity index (χ1) is 5.29. The van der Waals surface area contributed by atoms with E-state index in [1.54, 1.807) is 0 Å². The van der Waals surface area contributed by atoms with Crippen molar-refractivity contribution in [1.29, 1.82) is 0 Å². The molecule has 0 fully saturated rings. The van der Waals surface area contributed by atoms with Gasteiger partial charge in [-0.3, -0.25) is 0 Å². The van der Waals surface area contributed by atoms with Gasteiger partial charge in [0.25, 0.3) is 0 Å². The van der Waals surface area contributed by atoms with Gasteiger partial charge in [-0.25, -0.2) is 4.57 Å². The summed E-state index contributed by atoms with van der Waals surface area (Å²) in [6.07, 6.45) is 6.35. The topological polar surface area (TPSA) is 3.88 Å². The summed E-state index contributed by atoms with van der Waals surface area (Å²) >= 11 is 0. The molecule has 0 amide bonds. The van der Waals surface area contributed by atoms with Gasteiger partial charge < -0.3 is 0 Å². The van der Waals surface area contributed by atoms with Crippen molar-refractivity contribution in [3.8, 4) is 0 Å². The van der Waals surface area contributed by atoms with Gasteiger partial charge >= 0.3 is 0 Å². The molecule has 58 valence electrons. The van der Waals surface area contributed by atoms with Crippen LogP contribution in [0.1, 0.15) is 13.8 Å². The highest BCUT2D eigenvalue weighted by Gasteiger charge is 1.91. The first-order valence-corrected chi connectivity index (χ1v) is 3.86. The lowest BCUT2D eigenvalue weighted by molar-refractivity contribution is -0.687. The van der Waals surface area contributed by atoms with E-state index in [-0.39, 0.29) is 0 Å². The van der Waals surface area contributed by atoms with Crippen molar-refractivity contribution in [2.75, 3.05) is 0 Å². The monoisotopic (exact) mass is 148 g/mol. The van der Waals surface area contributed by atoms with Gasteiger partial charge in [0.1, 0.15) is 0 Å². The van der Waals surface area contributed by atoms with Crippen LogP contribution in [0.15, 0.2) is 42.2 Å². The molecule has 0 radical (unpaired) electrons. The zero-order valence-corrected chi connectivity index (χ0v) is 7.12. The largest absolute Gasteiger partial charge is 0.201 e. The van der Waals surface area contributed by atoms with E-state index < -0.39 is 0 Å². The van der Waals surface area contributed by atoms with E-state index in [1.807, 2.05) is 18.2 Å². The fourth-order valence-corrected chi connectivity index (χ4v) is 0.844. The Morgan fingerprint density at radius 3 is 2.36 bits per heavy atom. The summed E-state index contributed by atoms with van der Waals surface area (Å²) in [6.45, 7) is 5.20. The predicted molar refractivity (Wildman–Crippen MR) is 46.1 cm³/mol. The van der Waals surface area contributed by atoms with Gasteiger partial charge in [0.2, 0.25) is 0 Å². The lowest BCUT2D eigenvalue weighted by Gasteiger charge is -1.90. The smallest absolute Gasteiger partial charge is 0.169 e. The highest BCUT2D eigenvalue weighted by Crippen LogP contribution is 1.87. The Morgan fingerprint density at radius 2 is 1.82 bits per heavy atom. The molecule has 1 aromatic heterocycles. The SMILES string of the molecule is CC(C)=CC[n+]1ccccc1. The van der Waals surface area contributed by atoms with Gasteiger partial charge in [-0.2, -0.15) is 0 Å². The molecule has 0 aliphatic carbocycles.